The fourth-order valence-corrected chi connectivity index (χ4v) is 3.42. The topological polar surface area (TPSA) is 167 Å². The second-order valence-electron chi connectivity index (χ2n) is 4.12. The fraction of sp³-hybridized carbons (Fsp3) is 0.333. The maximum Gasteiger partial charge on any atom is 0.303 e. The summed E-state index contributed by atoms with van der Waals surface area (Å²) in [6.45, 7) is 0. The number of carboxylic acid groups (broad SMARTS) is 1. The number of hydrogen-bond acceptors (Lipinski definition) is 7. The molecule has 11 heteroatoms. The number of nitrogens with one attached hydrogen (secondary N) is 1. The van der Waals surface area contributed by atoms with E-state index < -0.39 is 38.7 Å². The zero-order valence-electron chi connectivity index (χ0n) is 12.2. The predicted molar refractivity (Wildman–Crippen MR) is 81.7 cm³/mol. The van der Waals surface area contributed by atoms with Crippen molar-refractivity contribution < 1.29 is 33.5 Å². The number of carboxylic acids is 1. The van der Waals surface area contributed by atoms with E-state index in [4.69, 9.17) is 15.5 Å². The Morgan fingerprint density at radius 2 is 1.65 bits per heavy atom. The highest BCUT2D eigenvalue weighted by Crippen LogP contribution is 2.17. The number of hydroxylamine groups is 1. The summed E-state index contributed by atoms with van der Waals surface area (Å²) in [5.41, 5.74) is 1.40. The van der Waals surface area contributed by atoms with Crippen molar-refractivity contribution in [3.8, 4) is 0 Å². The first-order chi connectivity index (χ1) is 10.9. The van der Waals surface area contributed by atoms with Crippen molar-refractivity contribution in [2.45, 2.75) is 27.9 Å². The summed E-state index contributed by atoms with van der Waals surface area (Å²) in [5, 5.41) is 22.6. The van der Waals surface area contributed by atoms with E-state index in [2.05, 4.69) is 5.90 Å². The third kappa shape index (κ3) is 6.97. The van der Waals surface area contributed by atoms with E-state index >= 15 is 0 Å². The lowest BCUT2D eigenvalue weighted by Gasteiger charge is -2.13. The van der Waals surface area contributed by atoms with Gasteiger partial charge in [-0.1, -0.05) is 0 Å². The summed E-state index contributed by atoms with van der Waals surface area (Å²) in [7, 11) is -3.00. The van der Waals surface area contributed by atoms with Crippen molar-refractivity contribution >= 4 is 33.5 Å². The summed E-state index contributed by atoms with van der Waals surface area (Å²) in [4.78, 5) is 22.9. The summed E-state index contributed by atoms with van der Waals surface area (Å²) < 4.78 is 23.6. The number of amides is 1. The quantitative estimate of drug-likeness (QED) is 0.321. The molecule has 0 saturated carbocycles. The second-order valence-corrected chi connectivity index (χ2v) is 7.13. The zero-order valence-corrected chi connectivity index (χ0v) is 13.8. The summed E-state index contributed by atoms with van der Waals surface area (Å²) in [6, 6.07) is 5.97. The molecule has 0 aliphatic rings. The number of benzene rings is 1. The van der Waals surface area contributed by atoms with E-state index in [1.807, 2.05) is 0 Å². The van der Waals surface area contributed by atoms with E-state index in [1.165, 1.54) is 36.0 Å². The molecule has 0 aromatic heterocycles. The standard InChI is InChI=1S/C12H15NO6S2.H3NO/c1-20(18)8-2-4-9(5-3-8)21(19)10(12(16)13-17)6-7-11(14)15;1-2/h2-5,10,17H,6-7H2,1H3,(H,13,16)(H,14,15);2H,1H2. The van der Waals surface area contributed by atoms with Crippen molar-refractivity contribution in [2.75, 3.05) is 6.26 Å². The SMILES string of the molecule is CS(=O)c1ccc(S(=O)C(CCC(=O)O)C(=O)NO)cc1.NO. The third-order valence-electron chi connectivity index (χ3n) is 2.67. The number of carbonyl (C=O) groups excluding carboxylic acids is 1. The summed E-state index contributed by atoms with van der Waals surface area (Å²) >= 11 is 0. The van der Waals surface area contributed by atoms with Gasteiger partial charge in [0.05, 0.1) is 10.8 Å². The molecule has 9 nitrogen and oxygen atoms in total. The number of nitrogens with two attached hydrogens (primary N) is 1. The Balaban J connectivity index is 0.00000232. The molecule has 23 heavy (non-hydrogen) atoms. The van der Waals surface area contributed by atoms with Gasteiger partial charge in [-0.25, -0.2) is 11.4 Å². The van der Waals surface area contributed by atoms with E-state index in [-0.39, 0.29) is 12.8 Å². The smallest absolute Gasteiger partial charge is 0.303 e. The van der Waals surface area contributed by atoms with Crippen LogP contribution in [0.25, 0.3) is 0 Å². The van der Waals surface area contributed by atoms with E-state index in [0.29, 0.717) is 9.79 Å². The van der Waals surface area contributed by atoms with Gasteiger partial charge in [0, 0.05) is 33.3 Å². The maximum atomic E-state index is 12.3. The fourth-order valence-electron chi connectivity index (χ4n) is 1.59. The van der Waals surface area contributed by atoms with Crippen molar-refractivity contribution in [3.63, 3.8) is 0 Å². The Bertz CT molecular complexity index is 577. The molecule has 0 spiro atoms. The summed E-state index contributed by atoms with van der Waals surface area (Å²) in [5.74, 6) is 1.47. The van der Waals surface area contributed by atoms with Crippen LogP contribution in [0, 0.1) is 0 Å². The van der Waals surface area contributed by atoms with Crippen molar-refractivity contribution in [1.29, 1.82) is 0 Å². The molecule has 0 heterocycles. The molecule has 1 rings (SSSR count). The van der Waals surface area contributed by atoms with Crippen molar-refractivity contribution in [3.05, 3.63) is 24.3 Å². The normalized spacial score (nSPS) is 13.9. The predicted octanol–water partition coefficient (Wildman–Crippen LogP) is -0.395. The molecule has 6 N–H and O–H groups in total. The van der Waals surface area contributed by atoms with Gasteiger partial charge < -0.3 is 10.3 Å². The molecular formula is C12H18N2O7S2. The van der Waals surface area contributed by atoms with Gasteiger partial charge in [0.2, 0.25) is 0 Å². The number of rotatable bonds is 7. The minimum Gasteiger partial charge on any atom is -0.481 e. The average molecular weight is 366 g/mol. The van der Waals surface area contributed by atoms with Crippen LogP contribution < -0.4 is 11.4 Å². The zero-order chi connectivity index (χ0) is 18.0. The van der Waals surface area contributed by atoms with Crippen molar-refractivity contribution in [1.82, 2.24) is 5.48 Å². The Hall–Kier alpha value is -1.66. The molecule has 0 fully saturated rings. The molecule has 130 valence electrons. The van der Waals surface area contributed by atoms with Crippen molar-refractivity contribution in [2.24, 2.45) is 5.90 Å². The van der Waals surface area contributed by atoms with Crippen LogP contribution >= 0.6 is 0 Å². The van der Waals surface area contributed by atoms with Crippen LogP contribution in [0.4, 0.5) is 0 Å². The molecule has 0 saturated heterocycles. The van der Waals surface area contributed by atoms with Crippen LogP contribution in [-0.2, 0) is 31.2 Å². The lowest BCUT2D eigenvalue weighted by Crippen LogP contribution is -2.36. The summed E-state index contributed by atoms with van der Waals surface area (Å²) in [6.07, 6.45) is 0.984. The average Bonchev–Trinajstić information content (AvgIpc) is 2.56. The van der Waals surface area contributed by atoms with Crippen LogP contribution in [0.15, 0.2) is 34.1 Å². The molecule has 0 aliphatic heterocycles. The molecule has 0 radical (unpaired) electrons. The minimum atomic E-state index is -1.82. The molecule has 3 unspecified atom stereocenters. The Morgan fingerprint density at radius 1 is 1.17 bits per heavy atom. The van der Waals surface area contributed by atoms with Gasteiger partial charge in [0.1, 0.15) is 5.25 Å². The van der Waals surface area contributed by atoms with Gasteiger partial charge >= 0.3 is 5.97 Å². The highest BCUT2D eigenvalue weighted by atomic mass is 32.2. The molecule has 1 amide bonds. The Morgan fingerprint density at radius 3 is 2.04 bits per heavy atom. The Labute approximate surface area is 137 Å². The lowest BCUT2D eigenvalue weighted by molar-refractivity contribution is -0.137. The molecule has 1 aromatic rings. The van der Waals surface area contributed by atoms with Gasteiger partial charge in [-0.15, -0.1) is 0 Å². The van der Waals surface area contributed by atoms with Crippen LogP contribution in [0.2, 0.25) is 0 Å². The molecule has 0 bridgehead atoms. The number of hydrogen-bond donors (Lipinski definition) is 5. The van der Waals surface area contributed by atoms with Crippen LogP contribution in [0.1, 0.15) is 12.8 Å². The monoisotopic (exact) mass is 366 g/mol. The first-order valence-corrected chi connectivity index (χ1v) is 8.89. The highest BCUT2D eigenvalue weighted by Gasteiger charge is 2.27. The largest absolute Gasteiger partial charge is 0.481 e. The van der Waals surface area contributed by atoms with Gasteiger partial charge in [0.25, 0.3) is 5.91 Å². The molecule has 1 aromatic carbocycles. The molecular weight excluding hydrogens is 348 g/mol. The maximum absolute atomic E-state index is 12.3. The van der Waals surface area contributed by atoms with Crippen LogP contribution in [0.3, 0.4) is 0 Å². The number of aliphatic carboxylic acids is 1. The van der Waals surface area contributed by atoms with Crippen LogP contribution in [0.5, 0.6) is 0 Å². The minimum absolute atomic E-state index is 0.171. The number of carbonyl (C=O) groups is 2. The van der Waals surface area contributed by atoms with E-state index in [1.54, 1.807) is 0 Å². The molecule has 3 atom stereocenters. The van der Waals surface area contributed by atoms with Crippen LogP contribution in [-0.4, -0.2) is 47.3 Å². The molecule has 0 aliphatic carbocycles. The first-order valence-electron chi connectivity index (χ1n) is 6.12. The van der Waals surface area contributed by atoms with Gasteiger partial charge in [0.15, 0.2) is 0 Å². The van der Waals surface area contributed by atoms with Gasteiger partial charge in [-0.05, 0) is 30.7 Å². The van der Waals surface area contributed by atoms with E-state index in [0.717, 1.165) is 0 Å². The third-order valence-corrected chi connectivity index (χ3v) is 5.31. The van der Waals surface area contributed by atoms with Gasteiger partial charge in [-0.2, -0.15) is 0 Å². The second kappa shape index (κ2) is 11.0. The first kappa shape index (κ1) is 21.3. The van der Waals surface area contributed by atoms with Gasteiger partial charge in [-0.3, -0.25) is 23.2 Å². The highest BCUT2D eigenvalue weighted by molar-refractivity contribution is 7.86. The lowest BCUT2D eigenvalue weighted by atomic mass is 10.2. The van der Waals surface area contributed by atoms with E-state index in [9.17, 15) is 18.0 Å². The Kier molecular flexibility index (Phi) is 10.2.